The molecule has 0 saturated carbocycles. The number of aliphatic hydroxyl groups is 13. The molecular weight excluding hydrogens is 1290 g/mol. The number of benzene rings is 2. The van der Waals surface area contributed by atoms with E-state index in [0.717, 1.165) is 4.58 Å². The molecule has 0 radical (unpaired) electrons. The second kappa shape index (κ2) is 33.3. The lowest BCUT2D eigenvalue weighted by atomic mass is 9.92. The quantitative estimate of drug-likeness (QED) is 0.0432. The summed E-state index contributed by atoms with van der Waals surface area (Å²) < 4.78 is 35.1. The molecule has 0 spiro atoms. The number of hydrogen-bond acceptors (Lipinski definition) is 32. The van der Waals surface area contributed by atoms with Crippen molar-refractivity contribution >= 4 is 53.3 Å². The highest BCUT2D eigenvalue weighted by Crippen LogP contribution is 2.33. The van der Waals surface area contributed by atoms with Gasteiger partial charge in [0.25, 0.3) is 0 Å². The standard InChI is InChI=1S/C59H86N12O26/c1-22(2)13-35(77)96-48-32(20-74)95-57(47(86)43(48)82)97-49-33(21-75)94-56(46(85)44(49)83)92-26-11-9-24(10-12-26)14-27-51(88)69-37(39(78)28-15-63-58(60)67-28)54(91)70-38(40(79)30-16-64-59(61)71(30)55-45(84)42(81)41(80)31(19-73)93-55)53(90)66-29(18-72)50(87)62-17-34(76)68-36(52(89)65-27)23(3)25-7-5-4-6-8-25/h4-12,22-23,27-33,36-49,55-57,72-75,78-86H,13-21H2,1-3H3,(H11,60,61,62,63,64,65,66,67,68,69,70,76,87,88,89,90,91)/t23-,27+,28-,29-,30-,31+,32+,33+,36-,37-,38+,39+,40+,41+,42-,43+,44+,45-,46-,47-,48+,49+,55-,56-,57+/m0/s1. The number of ether oxygens (including phenoxy) is 6. The van der Waals surface area contributed by atoms with Gasteiger partial charge in [-0.25, -0.2) is 4.58 Å². The zero-order valence-electron chi connectivity index (χ0n) is 52.7. The van der Waals surface area contributed by atoms with E-state index in [0.29, 0.717) is 5.56 Å². The highest BCUT2D eigenvalue weighted by molar-refractivity contribution is 5.98. The molecule has 6 aliphatic heterocycles. The van der Waals surface area contributed by atoms with Gasteiger partial charge in [-0.15, -0.1) is 0 Å². The van der Waals surface area contributed by atoms with Gasteiger partial charge in [-0.1, -0.05) is 63.2 Å². The summed E-state index contributed by atoms with van der Waals surface area (Å²) in [6.07, 6.45) is -31.8. The van der Waals surface area contributed by atoms with Crippen LogP contribution in [0.5, 0.6) is 5.75 Å². The third kappa shape index (κ3) is 17.6. The van der Waals surface area contributed by atoms with Crippen LogP contribution in [0.3, 0.4) is 0 Å². The number of nitrogens with two attached hydrogens (primary N) is 2. The zero-order valence-corrected chi connectivity index (χ0v) is 52.7. The Kier molecular flexibility index (Phi) is 25.8. The van der Waals surface area contributed by atoms with Crippen LogP contribution in [0, 0.1) is 5.92 Å². The number of carbonyl (C=O) groups excluding carboxylic acids is 6. The molecular formula is C59H86N12O26. The van der Waals surface area contributed by atoms with Crippen molar-refractivity contribution in [2.45, 2.75) is 186 Å². The maximum atomic E-state index is 15.2. The highest BCUT2D eigenvalue weighted by Gasteiger charge is 2.55. The van der Waals surface area contributed by atoms with E-state index in [4.69, 9.17) is 39.9 Å². The summed E-state index contributed by atoms with van der Waals surface area (Å²) in [6.45, 7) is -0.513. The predicted octanol–water partition coefficient (Wildman–Crippen LogP) is -13.1. The van der Waals surface area contributed by atoms with Crippen LogP contribution in [0.4, 0.5) is 0 Å². The fourth-order valence-corrected chi connectivity index (χ4v) is 11.9. The molecule has 8 rings (SSSR count). The van der Waals surface area contributed by atoms with Gasteiger partial charge in [0.05, 0.1) is 39.0 Å². The van der Waals surface area contributed by atoms with Crippen LogP contribution in [0.2, 0.25) is 0 Å². The van der Waals surface area contributed by atoms with E-state index in [9.17, 15) is 90.7 Å². The van der Waals surface area contributed by atoms with Crippen LogP contribution in [0.25, 0.3) is 0 Å². The van der Waals surface area contributed by atoms with Gasteiger partial charge >= 0.3 is 11.9 Å². The molecule has 0 aliphatic carbocycles. The van der Waals surface area contributed by atoms with Crippen LogP contribution in [-0.2, 0) is 58.9 Å². The van der Waals surface area contributed by atoms with E-state index in [1.165, 1.54) is 31.2 Å². The SMILES string of the molecule is CC(C)CC(=O)O[C@H]1[C@H](O)[C@H](O)[C@@H](O[C@H]2[C@H](O)[C@H](O)[C@@H](Oc3ccc(C[C@H]4NC(=O)[C@H]([C@@H](C)c5ccccc5)N=C([O-])CNC(=O)[C@H](CO)NC(=O)[C@@H]([C@H](O)[C@@H]5CNC(N)=[N+]5[C@H]5O[C@H](CO)[C@@H](O)[C@H](O)[C@@H]5O)NC(=O)[C@H]([C@H](O)[C@@H]5CN=C(N)N5)NC4=O)cc3)O[C@@H]2CO)O[C@@H]1CO. The number of hydrogen-bond donors (Lipinski definition) is 22. The van der Waals surface area contributed by atoms with E-state index in [2.05, 4.69) is 47.2 Å². The summed E-state index contributed by atoms with van der Waals surface area (Å²) in [7, 11) is 0. The Morgan fingerprint density at radius 2 is 1.25 bits per heavy atom. The number of guanidine groups is 2. The molecule has 0 aromatic heterocycles. The summed E-state index contributed by atoms with van der Waals surface area (Å²) in [5, 5.41) is 173. The number of carbonyl (C=O) groups is 6. The molecule has 2 aromatic carbocycles. The first-order valence-electron chi connectivity index (χ1n) is 31.2. The number of esters is 1. The topological polar surface area (TPSA) is 608 Å². The molecule has 25 atom stereocenters. The minimum atomic E-state index is -2.34. The van der Waals surface area contributed by atoms with E-state index >= 15 is 9.59 Å². The van der Waals surface area contributed by atoms with Gasteiger partial charge in [-0.3, -0.25) is 49.8 Å². The van der Waals surface area contributed by atoms with Crippen molar-refractivity contribution in [2.75, 3.05) is 46.1 Å². The second-order valence-electron chi connectivity index (χ2n) is 24.6. The van der Waals surface area contributed by atoms with Crippen molar-refractivity contribution in [2.24, 2.45) is 27.4 Å². The van der Waals surface area contributed by atoms with Crippen molar-refractivity contribution in [3.05, 3.63) is 65.7 Å². The van der Waals surface area contributed by atoms with Gasteiger partial charge in [0.2, 0.25) is 42.1 Å². The average molecular weight is 1380 g/mol. The lowest BCUT2D eigenvalue weighted by molar-refractivity contribution is -0.663. The lowest BCUT2D eigenvalue weighted by Crippen LogP contribution is -2.68. The minimum Gasteiger partial charge on any atom is -0.861 e. The Morgan fingerprint density at radius 1 is 0.649 bits per heavy atom. The first-order chi connectivity index (χ1) is 46.1. The number of aliphatic hydroxyl groups excluding tert-OH is 13. The summed E-state index contributed by atoms with van der Waals surface area (Å²) in [5.41, 5.74) is 12.8. The maximum absolute atomic E-state index is 15.2. The largest absolute Gasteiger partial charge is 0.861 e. The summed E-state index contributed by atoms with van der Waals surface area (Å²) in [6, 6.07) is 0.574. The number of rotatable bonds is 20. The molecule has 38 heteroatoms. The number of nitrogens with one attached hydrogen (secondary N) is 7. The molecule has 0 bridgehead atoms. The summed E-state index contributed by atoms with van der Waals surface area (Å²) in [4.78, 5) is 94.1. The fraction of sp³-hybridized carbons (Fsp3) is 0.644. The van der Waals surface area contributed by atoms with Crippen LogP contribution in [0.15, 0.2) is 64.6 Å². The monoisotopic (exact) mass is 1380 g/mol. The van der Waals surface area contributed by atoms with Gasteiger partial charge in [-0.2, -0.15) is 0 Å². The fourth-order valence-electron chi connectivity index (χ4n) is 11.9. The van der Waals surface area contributed by atoms with Crippen molar-refractivity contribution in [3.8, 4) is 5.75 Å². The van der Waals surface area contributed by atoms with Gasteiger partial charge in [0.15, 0.2) is 18.4 Å². The van der Waals surface area contributed by atoms with Gasteiger partial charge < -0.3 is 138 Å². The van der Waals surface area contributed by atoms with Crippen molar-refractivity contribution in [3.63, 3.8) is 0 Å². The van der Waals surface area contributed by atoms with Crippen LogP contribution >= 0.6 is 0 Å². The van der Waals surface area contributed by atoms with E-state index < -0.39 is 240 Å². The van der Waals surface area contributed by atoms with E-state index in [1.807, 2.05) is 0 Å². The number of aliphatic imine (C=N–C) groups is 2. The first-order valence-corrected chi connectivity index (χ1v) is 31.2. The van der Waals surface area contributed by atoms with E-state index in [1.54, 1.807) is 44.2 Å². The van der Waals surface area contributed by atoms with Gasteiger partial charge in [-0.05, 0) is 35.1 Å². The normalized spacial score (nSPS) is 35.9. The van der Waals surface area contributed by atoms with Crippen LogP contribution in [0.1, 0.15) is 44.2 Å². The second-order valence-corrected chi connectivity index (χ2v) is 24.6. The zero-order chi connectivity index (χ0) is 70.9. The maximum Gasteiger partial charge on any atom is 0.346 e. The van der Waals surface area contributed by atoms with Gasteiger partial charge in [0.1, 0.15) is 128 Å². The molecule has 2 aromatic rings. The Hall–Kier alpha value is -7.61. The molecule has 538 valence electrons. The summed E-state index contributed by atoms with van der Waals surface area (Å²) >= 11 is 0. The molecule has 3 saturated heterocycles. The highest BCUT2D eigenvalue weighted by atomic mass is 16.7. The Labute approximate surface area is 553 Å². The molecule has 97 heavy (non-hydrogen) atoms. The molecule has 38 nitrogen and oxygen atoms in total. The lowest BCUT2D eigenvalue weighted by Gasteiger charge is -2.46. The molecule has 6 heterocycles. The minimum absolute atomic E-state index is 0.0607. The Morgan fingerprint density at radius 3 is 1.88 bits per heavy atom. The Balaban J connectivity index is 1.09. The van der Waals surface area contributed by atoms with Crippen molar-refractivity contribution in [1.29, 1.82) is 0 Å². The van der Waals surface area contributed by atoms with Crippen LogP contribution in [-0.4, -0.2) is 317 Å². The molecule has 24 N–H and O–H groups in total. The molecule has 5 amide bonds. The predicted molar refractivity (Wildman–Crippen MR) is 325 cm³/mol. The summed E-state index contributed by atoms with van der Waals surface area (Å²) in [5.74, 6) is -10.1. The molecule has 6 aliphatic rings. The third-order valence-electron chi connectivity index (χ3n) is 17.3. The number of amides is 5. The molecule has 0 unspecified atom stereocenters. The smallest absolute Gasteiger partial charge is 0.346 e. The van der Waals surface area contributed by atoms with E-state index in [-0.39, 0.29) is 42.1 Å². The third-order valence-corrected chi connectivity index (χ3v) is 17.3. The van der Waals surface area contributed by atoms with Crippen molar-refractivity contribution < 1.29 is 133 Å². The number of nitrogens with zero attached hydrogens (tertiary/aromatic N) is 3. The first kappa shape index (κ1) is 75.2. The van der Waals surface area contributed by atoms with Gasteiger partial charge in [0, 0.05) is 25.3 Å². The Bertz CT molecular complexity index is 3140. The average Bonchev–Trinajstić information content (AvgIpc) is 1.74. The van der Waals surface area contributed by atoms with Crippen LogP contribution < -0.4 is 58.5 Å². The van der Waals surface area contributed by atoms with Crippen molar-refractivity contribution in [1.82, 2.24) is 37.2 Å². The molecule has 3 fully saturated rings.